The summed E-state index contributed by atoms with van der Waals surface area (Å²) in [5.74, 6) is -2.28. The maximum atomic E-state index is 14.9. The number of non-ortho nitro benzene ring substituents is 1. The third-order valence-electron chi connectivity index (χ3n) is 6.84. The van der Waals surface area contributed by atoms with E-state index in [2.05, 4.69) is 0 Å². The van der Waals surface area contributed by atoms with E-state index in [0.717, 1.165) is 0 Å². The first-order valence-electron chi connectivity index (χ1n) is 14.9. The lowest BCUT2D eigenvalue weighted by Gasteiger charge is -2.38. The molecule has 14 heteroatoms. The van der Waals surface area contributed by atoms with Crippen LogP contribution in [0.1, 0.15) is 50.3 Å². The number of nitro groups is 1. The highest BCUT2D eigenvalue weighted by atomic mass is 31.2. The monoisotopic (exact) mass is 674 g/mol. The molecule has 0 fully saturated rings. The topological polar surface area (TPSA) is 153 Å². The Bertz CT molecular complexity index is 1460. The normalized spacial score (nSPS) is 13.2. The molecule has 0 saturated heterocycles. The second-order valence-corrected chi connectivity index (χ2v) is 14.4. The lowest BCUT2D eigenvalue weighted by molar-refractivity contribution is -0.384. The molecular weight excluding hydrogens is 634 g/mol. The molecule has 0 unspecified atom stereocenters. The van der Waals surface area contributed by atoms with Crippen molar-refractivity contribution in [3.05, 3.63) is 112 Å². The number of hydrogen-bond donors (Lipinski definition) is 0. The fourth-order valence-electron chi connectivity index (χ4n) is 5.05. The van der Waals surface area contributed by atoms with Gasteiger partial charge in [0, 0.05) is 29.2 Å². The van der Waals surface area contributed by atoms with E-state index in [1.54, 1.807) is 27.7 Å². The van der Waals surface area contributed by atoms with Gasteiger partial charge in [-0.3, -0.25) is 24.2 Å². The summed E-state index contributed by atoms with van der Waals surface area (Å²) in [4.78, 5) is 29.8. The maximum absolute atomic E-state index is 14.9. The van der Waals surface area contributed by atoms with Crippen molar-refractivity contribution >= 4 is 32.6 Å². The van der Waals surface area contributed by atoms with E-state index in [9.17, 15) is 24.0 Å². The number of methoxy groups -OCH3 is 1. The van der Waals surface area contributed by atoms with Gasteiger partial charge in [-0.1, -0.05) is 72.8 Å². The fraction of sp³-hybridized carbons (Fsp3) is 0.375. The number of rotatable bonds is 18. The van der Waals surface area contributed by atoms with Crippen LogP contribution in [-0.2, 0) is 36.8 Å². The van der Waals surface area contributed by atoms with Crippen molar-refractivity contribution in [3.63, 3.8) is 0 Å². The molecule has 0 spiro atoms. The second-order valence-electron chi connectivity index (χ2n) is 9.72. The van der Waals surface area contributed by atoms with Crippen LogP contribution >= 0.6 is 15.2 Å². The van der Waals surface area contributed by atoms with Crippen molar-refractivity contribution in [2.75, 3.05) is 33.5 Å². The Morgan fingerprint density at radius 2 is 1.15 bits per heavy atom. The molecule has 0 heterocycles. The molecule has 248 valence electrons. The lowest BCUT2D eigenvalue weighted by atomic mass is 9.92. The average molecular weight is 675 g/mol. The molecule has 3 aromatic rings. The number of nitro benzene ring substituents is 1. The number of ether oxygens (including phenoxy) is 1. The molecule has 2 atom stereocenters. The van der Waals surface area contributed by atoms with Crippen molar-refractivity contribution < 1.29 is 41.7 Å². The smallest absolute Gasteiger partial charge is 0.346 e. The molecule has 0 aliphatic rings. The van der Waals surface area contributed by atoms with Gasteiger partial charge in [0.05, 0.1) is 44.2 Å². The standard InChI is InChI=1S/C32H40N2O10P2/c1-6-41-45(38,42-7-2)32(46(39,43-8-3)44-9-4)28(24-20-22-27(23-21-24)34(36)37)30(31(35)40-5)33-29(25-16-12-10-13-17-25)26-18-14-11-15-19-26/h10-23,28,30,32H,6-9H2,1-5H3/t28-,30+/m1/s1. The second kappa shape index (κ2) is 17.4. The van der Waals surface area contributed by atoms with Crippen molar-refractivity contribution in [2.45, 2.75) is 45.1 Å². The van der Waals surface area contributed by atoms with Crippen molar-refractivity contribution in [1.82, 2.24) is 0 Å². The number of hydrogen-bond acceptors (Lipinski definition) is 11. The summed E-state index contributed by atoms with van der Waals surface area (Å²) in [5, 5.41) is 9.82. The molecule has 0 amide bonds. The van der Waals surface area contributed by atoms with E-state index in [-0.39, 0.29) is 37.7 Å². The number of esters is 1. The molecule has 0 aliphatic heterocycles. The lowest BCUT2D eigenvalue weighted by Crippen LogP contribution is -2.38. The first kappa shape index (κ1) is 37.0. The molecule has 12 nitrogen and oxygen atoms in total. The van der Waals surface area contributed by atoms with Crippen LogP contribution in [0.2, 0.25) is 0 Å². The summed E-state index contributed by atoms with van der Waals surface area (Å²) in [7, 11) is -7.78. The van der Waals surface area contributed by atoms with E-state index in [1.807, 2.05) is 60.7 Å². The highest BCUT2D eigenvalue weighted by molar-refractivity contribution is 7.72. The van der Waals surface area contributed by atoms with Crippen LogP contribution in [-0.4, -0.2) is 61.6 Å². The fourth-order valence-corrected chi connectivity index (χ4v) is 10.9. The predicted molar refractivity (Wildman–Crippen MR) is 176 cm³/mol. The highest BCUT2D eigenvalue weighted by Gasteiger charge is 2.58. The van der Waals surface area contributed by atoms with Crippen LogP contribution in [0.5, 0.6) is 0 Å². The first-order chi connectivity index (χ1) is 22.1. The van der Waals surface area contributed by atoms with E-state index in [1.165, 1.54) is 31.4 Å². The van der Waals surface area contributed by atoms with Gasteiger partial charge in [-0.15, -0.1) is 0 Å². The third-order valence-corrected chi connectivity index (χ3v) is 12.9. The van der Waals surface area contributed by atoms with Crippen LogP contribution in [0.3, 0.4) is 0 Å². The van der Waals surface area contributed by atoms with Crippen LogP contribution in [0.25, 0.3) is 0 Å². The summed E-state index contributed by atoms with van der Waals surface area (Å²) >= 11 is 0. The van der Waals surface area contributed by atoms with Crippen LogP contribution in [0.4, 0.5) is 5.69 Å². The average Bonchev–Trinajstić information content (AvgIpc) is 3.05. The van der Waals surface area contributed by atoms with Crippen molar-refractivity contribution in [1.29, 1.82) is 0 Å². The molecule has 46 heavy (non-hydrogen) atoms. The molecule has 0 N–H and O–H groups in total. The minimum atomic E-state index is -4.48. The summed E-state index contributed by atoms with van der Waals surface area (Å²) < 4.78 is 58.0. The van der Waals surface area contributed by atoms with Gasteiger partial charge < -0.3 is 22.8 Å². The minimum absolute atomic E-state index is 0.107. The molecule has 0 aliphatic carbocycles. The van der Waals surface area contributed by atoms with E-state index < -0.39 is 43.4 Å². The quantitative estimate of drug-likeness (QED) is 0.0433. The van der Waals surface area contributed by atoms with Crippen LogP contribution in [0.15, 0.2) is 89.9 Å². The molecule has 3 rings (SSSR count). The number of nitrogens with zero attached hydrogens (tertiary/aromatic N) is 2. The van der Waals surface area contributed by atoms with Gasteiger partial charge in [0.25, 0.3) is 5.69 Å². The Morgan fingerprint density at radius 1 is 0.739 bits per heavy atom. The van der Waals surface area contributed by atoms with Gasteiger partial charge in [0.1, 0.15) is 0 Å². The number of benzene rings is 3. The molecule has 0 aromatic heterocycles. The van der Waals surface area contributed by atoms with Crippen molar-refractivity contribution in [2.24, 2.45) is 4.99 Å². The summed E-state index contributed by atoms with van der Waals surface area (Å²) in [6, 6.07) is 21.9. The molecule has 0 saturated carbocycles. The minimum Gasteiger partial charge on any atom is -0.467 e. The zero-order valence-corrected chi connectivity index (χ0v) is 28.3. The zero-order chi connectivity index (χ0) is 33.7. The summed E-state index contributed by atoms with van der Waals surface area (Å²) in [6.45, 7) is 5.94. The molecular formula is C32H40N2O10P2. The zero-order valence-electron chi connectivity index (χ0n) is 26.5. The Labute approximate surface area is 269 Å². The highest BCUT2D eigenvalue weighted by Crippen LogP contribution is 2.74. The molecule has 3 aromatic carbocycles. The van der Waals surface area contributed by atoms with Crippen molar-refractivity contribution in [3.8, 4) is 0 Å². The van der Waals surface area contributed by atoms with E-state index in [4.69, 9.17) is 27.8 Å². The summed E-state index contributed by atoms with van der Waals surface area (Å²) in [6.07, 6.45) is 0. The molecule has 0 bridgehead atoms. The number of carbonyl (C=O) groups is 1. The van der Waals surface area contributed by atoms with E-state index >= 15 is 0 Å². The van der Waals surface area contributed by atoms with Gasteiger partial charge in [0.15, 0.2) is 11.4 Å². The summed E-state index contributed by atoms with van der Waals surface area (Å²) in [5.41, 5.74) is 1.67. The Hall–Kier alpha value is -3.50. The predicted octanol–water partition coefficient (Wildman–Crippen LogP) is 7.62. The largest absolute Gasteiger partial charge is 0.467 e. The Morgan fingerprint density at radius 3 is 1.50 bits per heavy atom. The van der Waals surface area contributed by atoms with Gasteiger partial charge in [-0.05, 0) is 33.3 Å². The SMILES string of the molecule is CCOP(=O)(OCC)C([C@H](c1ccc([N+](=O)[O-])cc1)[C@H](N=C(c1ccccc1)c1ccccc1)C(=O)OC)P(=O)(OCC)OCC. The third kappa shape index (κ3) is 8.85. The molecule has 0 radical (unpaired) electrons. The number of carbonyl (C=O) groups excluding carboxylic acids is 1. The van der Waals surface area contributed by atoms with Gasteiger partial charge >= 0.3 is 21.2 Å². The van der Waals surface area contributed by atoms with Crippen LogP contribution in [0, 0.1) is 10.1 Å². The number of aliphatic imine (C=N–C) groups is 1. The van der Waals surface area contributed by atoms with Crippen LogP contribution < -0.4 is 0 Å². The van der Waals surface area contributed by atoms with E-state index in [0.29, 0.717) is 16.8 Å². The van der Waals surface area contributed by atoms with Gasteiger partial charge in [0.2, 0.25) is 0 Å². The first-order valence-corrected chi connectivity index (χ1v) is 18.1. The Balaban J connectivity index is 2.52. The Kier molecular flexibility index (Phi) is 14.0. The van der Waals surface area contributed by atoms with Gasteiger partial charge in [-0.2, -0.15) is 0 Å². The van der Waals surface area contributed by atoms with Gasteiger partial charge in [-0.25, -0.2) is 4.79 Å². The maximum Gasteiger partial charge on any atom is 0.346 e.